The van der Waals surface area contributed by atoms with Crippen LogP contribution in [0.1, 0.15) is 10.4 Å². The number of hydrogen-bond acceptors (Lipinski definition) is 3. The Morgan fingerprint density at radius 1 is 1.16 bits per heavy atom. The number of ether oxygens (including phenoxy) is 1. The van der Waals surface area contributed by atoms with Crippen molar-refractivity contribution in [2.24, 2.45) is 0 Å². The number of pyridine rings is 1. The highest BCUT2D eigenvalue weighted by Gasteiger charge is 2.12. The molecule has 0 fully saturated rings. The highest BCUT2D eigenvalue weighted by molar-refractivity contribution is 6.34. The molecule has 1 N–H and O–H groups in total. The maximum absolute atomic E-state index is 10.9. The van der Waals surface area contributed by atoms with Crippen molar-refractivity contribution in [2.75, 3.05) is 0 Å². The van der Waals surface area contributed by atoms with Crippen molar-refractivity contribution >= 4 is 40.8 Å². The van der Waals surface area contributed by atoms with E-state index < -0.39 is 5.97 Å². The van der Waals surface area contributed by atoms with Crippen LogP contribution in [-0.4, -0.2) is 16.1 Å². The van der Waals surface area contributed by atoms with E-state index in [0.717, 1.165) is 0 Å². The predicted molar refractivity (Wildman–Crippen MR) is 72.7 cm³/mol. The van der Waals surface area contributed by atoms with E-state index in [2.05, 4.69) is 4.98 Å². The molecule has 98 valence electrons. The summed E-state index contributed by atoms with van der Waals surface area (Å²) in [5.74, 6) is -0.833. The first-order chi connectivity index (χ1) is 8.97. The highest BCUT2D eigenvalue weighted by Crippen LogP contribution is 2.32. The van der Waals surface area contributed by atoms with Crippen molar-refractivity contribution in [2.45, 2.75) is 0 Å². The molecule has 0 aliphatic carbocycles. The van der Waals surface area contributed by atoms with Crippen molar-refractivity contribution in [1.29, 1.82) is 0 Å². The Morgan fingerprint density at radius 2 is 1.89 bits per heavy atom. The second kappa shape index (κ2) is 5.65. The topological polar surface area (TPSA) is 59.4 Å². The van der Waals surface area contributed by atoms with Crippen LogP contribution in [0.3, 0.4) is 0 Å². The summed E-state index contributed by atoms with van der Waals surface area (Å²) in [6.07, 6.45) is 1.19. The molecule has 0 amide bonds. The molecule has 0 saturated heterocycles. The zero-order valence-corrected chi connectivity index (χ0v) is 11.5. The molecule has 0 spiro atoms. The van der Waals surface area contributed by atoms with Crippen LogP contribution >= 0.6 is 34.8 Å². The molecule has 1 aromatic carbocycles. The number of rotatable bonds is 3. The Balaban J connectivity index is 2.36. The van der Waals surface area contributed by atoms with E-state index >= 15 is 0 Å². The van der Waals surface area contributed by atoms with Crippen LogP contribution in [-0.2, 0) is 0 Å². The van der Waals surface area contributed by atoms with E-state index in [-0.39, 0.29) is 22.2 Å². The number of hydrogen-bond donors (Lipinski definition) is 1. The van der Waals surface area contributed by atoms with E-state index in [1.165, 1.54) is 18.3 Å². The molecule has 1 aromatic heterocycles. The van der Waals surface area contributed by atoms with Gasteiger partial charge in [0.2, 0.25) is 5.88 Å². The molecule has 0 bridgehead atoms. The van der Waals surface area contributed by atoms with Crippen LogP contribution in [0, 0.1) is 0 Å². The first kappa shape index (κ1) is 13.9. The summed E-state index contributed by atoms with van der Waals surface area (Å²) in [4.78, 5) is 14.8. The van der Waals surface area contributed by atoms with Crippen molar-refractivity contribution in [3.05, 3.63) is 51.1 Å². The van der Waals surface area contributed by atoms with Crippen LogP contribution in [0.5, 0.6) is 11.6 Å². The monoisotopic (exact) mass is 317 g/mol. The number of halogens is 3. The lowest BCUT2D eigenvalue weighted by Crippen LogP contribution is -1.99. The molecule has 0 unspecified atom stereocenters. The number of carboxylic acid groups (broad SMARTS) is 1. The number of carboxylic acids is 1. The lowest BCUT2D eigenvalue weighted by molar-refractivity contribution is 0.0696. The zero-order valence-electron chi connectivity index (χ0n) is 9.23. The Bertz CT molecular complexity index is 646. The molecule has 0 radical (unpaired) electrons. The van der Waals surface area contributed by atoms with Gasteiger partial charge in [-0.05, 0) is 12.1 Å². The molecule has 7 heteroatoms. The number of nitrogens with zero attached hydrogens (tertiary/aromatic N) is 1. The van der Waals surface area contributed by atoms with Crippen molar-refractivity contribution in [3.63, 3.8) is 0 Å². The van der Waals surface area contributed by atoms with Gasteiger partial charge in [0.05, 0.1) is 21.8 Å². The van der Waals surface area contributed by atoms with Crippen molar-refractivity contribution < 1.29 is 14.6 Å². The first-order valence-corrected chi connectivity index (χ1v) is 6.12. The largest absolute Gasteiger partial charge is 0.478 e. The minimum atomic E-state index is -1.17. The second-order valence-corrected chi connectivity index (χ2v) is 4.74. The van der Waals surface area contributed by atoms with Gasteiger partial charge in [-0.3, -0.25) is 0 Å². The average molecular weight is 319 g/mol. The Hall–Kier alpha value is -1.49. The van der Waals surface area contributed by atoms with Gasteiger partial charge in [-0.15, -0.1) is 0 Å². The predicted octanol–water partition coefficient (Wildman–Crippen LogP) is 4.53. The Labute approximate surface area is 123 Å². The number of benzene rings is 1. The third-order valence-electron chi connectivity index (χ3n) is 2.17. The summed E-state index contributed by atoms with van der Waals surface area (Å²) in [5, 5.41) is 9.73. The zero-order chi connectivity index (χ0) is 14.0. The van der Waals surface area contributed by atoms with Crippen LogP contribution < -0.4 is 4.74 Å². The minimum absolute atomic E-state index is 0.0250. The second-order valence-electron chi connectivity index (χ2n) is 3.48. The number of carbonyl (C=O) groups is 1. The van der Waals surface area contributed by atoms with Gasteiger partial charge in [0.1, 0.15) is 5.75 Å². The molecule has 0 aliphatic rings. The first-order valence-electron chi connectivity index (χ1n) is 4.99. The molecule has 19 heavy (non-hydrogen) atoms. The van der Waals surface area contributed by atoms with E-state index in [4.69, 9.17) is 44.6 Å². The van der Waals surface area contributed by atoms with Crippen molar-refractivity contribution in [1.82, 2.24) is 4.98 Å². The van der Waals surface area contributed by atoms with Gasteiger partial charge < -0.3 is 9.84 Å². The van der Waals surface area contributed by atoms with Gasteiger partial charge in [-0.25, -0.2) is 9.78 Å². The van der Waals surface area contributed by atoms with Gasteiger partial charge in [0.25, 0.3) is 0 Å². The maximum atomic E-state index is 10.9. The standard InChI is InChI=1S/C12H6Cl3NO3/c13-6-1-2-8(14)10(3-6)19-11-4-7(12(17)18)9(15)5-16-11/h1-5H,(H,17,18). The molecule has 0 atom stereocenters. The lowest BCUT2D eigenvalue weighted by Gasteiger charge is -2.08. The van der Waals surface area contributed by atoms with E-state index in [9.17, 15) is 4.79 Å². The summed E-state index contributed by atoms with van der Waals surface area (Å²) in [5.41, 5.74) is -0.107. The highest BCUT2D eigenvalue weighted by atomic mass is 35.5. The SMILES string of the molecule is O=C(O)c1cc(Oc2cc(Cl)ccc2Cl)ncc1Cl. The van der Waals surface area contributed by atoms with E-state index in [1.807, 2.05) is 0 Å². The number of aromatic nitrogens is 1. The van der Waals surface area contributed by atoms with Gasteiger partial charge >= 0.3 is 5.97 Å². The molecule has 0 aliphatic heterocycles. The van der Waals surface area contributed by atoms with Gasteiger partial charge in [-0.2, -0.15) is 0 Å². The molecule has 2 rings (SSSR count). The van der Waals surface area contributed by atoms with Gasteiger partial charge in [-0.1, -0.05) is 34.8 Å². The fourth-order valence-corrected chi connectivity index (χ4v) is 1.81. The number of aromatic carboxylic acids is 1. The summed E-state index contributed by atoms with van der Waals surface area (Å²) in [7, 11) is 0. The van der Waals surface area contributed by atoms with E-state index in [0.29, 0.717) is 10.0 Å². The molecular formula is C12H6Cl3NO3. The van der Waals surface area contributed by atoms with Crippen LogP contribution in [0.15, 0.2) is 30.5 Å². The van der Waals surface area contributed by atoms with Crippen LogP contribution in [0.2, 0.25) is 15.1 Å². The molecular weight excluding hydrogens is 312 g/mol. The smallest absolute Gasteiger partial charge is 0.337 e. The average Bonchev–Trinajstić information content (AvgIpc) is 2.36. The summed E-state index contributed by atoms with van der Waals surface area (Å²) in [6, 6.07) is 5.88. The van der Waals surface area contributed by atoms with Gasteiger partial charge in [0.15, 0.2) is 0 Å². The molecule has 2 aromatic rings. The quantitative estimate of drug-likeness (QED) is 0.903. The fourth-order valence-electron chi connectivity index (χ4n) is 1.31. The Kier molecular flexibility index (Phi) is 4.14. The maximum Gasteiger partial charge on any atom is 0.337 e. The summed E-state index contributed by atoms with van der Waals surface area (Å²) in [6.45, 7) is 0. The molecule has 4 nitrogen and oxygen atoms in total. The molecule has 0 saturated carbocycles. The third-order valence-corrected chi connectivity index (χ3v) is 3.02. The summed E-state index contributed by atoms with van der Waals surface area (Å²) < 4.78 is 5.39. The third kappa shape index (κ3) is 3.29. The lowest BCUT2D eigenvalue weighted by atomic mass is 10.2. The van der Waals surface area contributed by atoms with Crippen molar-refractivity contribution in [3.8, 4) is 11.6 Å². The van der Waals surface area contributed by atoms with Gasteiger partial charge in [0, 0.05) is 17.2 Å². The van der Waals surface area contributed by atoms with E-state index in [1.54, 1.807) is 12.1 Å². The fraction of sp³-hybridized carbons (Fsp3) is 0. The van der Waals surface area contributed by atoms with Crippen LogP contribution in [0.4, 0.5) is 0 Å². The molecule has 1 heterocycles. The van der Waals surface area contributed by atoms with Crippen LogP contribution in [0.25, 0.3) is 0 Å². The minimum Gasteiger partial charge on any atom is -0.478 e. The summed E-state index contributed by atoms with van der Waals surface area (Å²) >= 11 is 17.4. The Morgan fingerprint density at radius 3 is 2.58 bits per heavy atom. The normalized spacial score (nSPS) is 10.3.